The summed E-state index contributed by atoms with van der Waals surface area (Å²) in [5, 5.41) is 16.2. The fraction of sp³-hybridized carbons (Fsp3) is 0.182. The van der Waals surface area contributed by atoms with E-state index >= 15 is 0 Å². The summed E-state index contributed by atoms with van der Waals surface area (Å²) < 4.78 is 2.34. The average molecular weight is 465 g/mol. The van der Waals surface area contributed by atoms with Crippen molar-refractivity contribution >= 4 is 39.0 Å². The van der Waals surface area contributed by atoms with Gasteiger partial charge in [0.05, 0.1) is 21.5 Å². The molecular formula is C22H19N5O5S. The third kappa shape index (κ3) is 4.17. The van der Waals surface area contributed by atoms with E-state index in [4.69, 9.17) is 0 Å². The number of benzene rings is 2. The maximum absolute atomic E-state index is 12.8. The van der Waals surface area contributed by atoms with Crippen LogP contribution >= 0.6 is 11.3 Å². The maximum Gasteiger partial charge on any atom is 0.331 e. The highest BCUT2D eigenvalue weighted by Crippen LogP contribution is 2.29. The van der Waals surface area contributed by atoms with Gasteiger partial charge in [0.15, 0.2) is 5.13 Å². The number of fused-ring (bicyclic) bond motifs is 1. The molecule has 0 saturated heterocycles. The van der Waals surface area contributed by atoms with Crippen molar-refractivity contribution in [2.45, 2.75) is 26.9 Å². The number of aryl methyl sites for hydroxylation is 1. The van der Waals surface area contributed by atoms with E-state index in [-0.39, 0.29) is 18.8 Å². The van der Waals surface area contributed by atoms with Crippen molar-refractivity contribution in [3.05, 3.63) is 84.4 Å². The molecule has 4 rings (SSSR count). The van der Waals surface area contributed by atoms with Crippen molar-refractivity contribution in [1.29, 1.82) is 0 Å². The number of aromatic nitrogens is 3. The first kappa shape index (κ1) is 22.1. The van der Waals surface area contributed by atoms with Crippen LogP contribution in [0, 0.1) is 17.0 Å². The topological polar surface area (TPSA) is 129 Å². The summed E-state index contributed by atoms with van der Waals surface area (Å²) in [4.78, 5) is 53.1. The summed E-state index contributed by atoms with van der Waals surface area (Å²) >= 11 is 1.16. The van der Waals surface area contributed by atoms with E-state index in [0.717, 1.165) is 15.9 Å². The zero-order chi connectivity index (χ0) is 23.7. The second-order valence-electron chi connectivity index (χ2n) is 7.28. The van der Waals surface area contributed by atoms with E-state index in [1.807, 2.05) is 0 Å². The maximum atomic E-state index is 12.8. The molecule has 10 nitrogen and oxygen atoms in total. The molecule has 0 spiro atoms. The molecule has 2 heterocycles. The molecule has 0 atom stereocenters. The van der Waals surface area contributed by atoms with Gasteiger partial charge in [0.2, 0.25) is 5.91 Å². The Labute approximate surface area is 190 Å². The first-order valence-electron chi connectivity index (χ1n) is 10.0. The summed E-state index contributed by atoms with van der Waals surface area (Å²) in [5.74, 6) is -0.487. The SMILES string of the molecule is CCn1c(=O)c2ccccc2n(CC(=O)Nc2nc(-c3ccc(C)c([N+](=O)[O-])c3)cs2)c1=O. The minimum absolute atomic E-state index is 0.0108. The highest BCUT2D eigenvalue weighted by atomic mass is 32.1. The lowest BCUT2D eigenvalue weighted by Gasteiger charge is -2.12. The number of nitro benzene ring substituents is 1. The van der Waals surface area contributed by atoms with Gasteiger partial charge in [-0.3, -0.25) is 28.8 Å². The van der Waals surface area contributed by atoms with Gasteiger partial charge in [0, 0.05) is 29.1 Å². The van der Waals surface area contributed by atoms with Gasteiger partial charge in [-0.1, -0.05) is 24.3 Å². The number of nitrogens with one attached hydrogen (secondary N) is 1. The molecule has 4 aromatic rings. The number of anilines is 1. The van der Waals surface area contributed by atoms with Gasteiger partial charge in [0.25, 0.3) is 11.2 Å². The molecule has 1 N–H and O–H groups in total. The third-order valence-electron chi connectivity index (χ3n) is 5.20. The molecule has 168 valence electrons. The number of carbonyl (C=O) groups is 1. The lowest BCUT2D eigenvalue weighted by Crippen LogP contribution is -2.41. The van der Waals surface area contributed by atoms with Crippen molar-refractivity contribution < 1.29 is 9.72 Å². The Hall–Kier alpha value is -4.12. The minimum atomic E-state index is -0.567. The van der Waals surface area contributed by atoms with E-state index in [2.05, 4.69) is 10.3 Å². The number of rotatable bonds is 6. The summed E-state index contributed by atoms with van der Waals surface area (Å²) in [6.07, 6.45) is 0. The van der Waals surface area contributed by atoms with Gasteiger partial charge >= 0.3 is 5.69 Å². The van der Waals surface area contributed by atoms with E-state index in [1.165, 1.54) is 10.6 Å². The van der Waals surface area contributed by atoms with Crippen LogP contribution in [0.2, 0.25) is 0 Å². The van der Waals surface area contributed by atoms with Gasteiger partial charge in [-0.2, -0.15) is 0 Å². The number of para-hydroxylation sites is 1. The van der Waals surface area contributed by atoms with Crippen LogP contribution in [-0.4, -0.2) is 24.9 Å². The lowest BCUT2D eigenvalue weighted by atomic mass is 10.1. The van der Waals surface area contributed by atoms with Gasteiger partial charge in [0.1, 0.15) is 6.54 Å². The van der Waals surface area contributed by atoms with E-state index in [1.54, 1.807) is 55.6 Å². The normalized spacial score (nSPS) is 11.0. The Balaban J connectivity index is 1.61. The van der Waals surface area contributed by atoms with E-state index in [9.17, 15) is 24.5 Å². The molecule has 2 aromatic carbocycles. The first-order valence-corrected chi connectivity index (χ1v) is 10.9. The minimum Gasteiger partial charge on any atom is -0.300 e. The molecule has 0 aliphatic carbocycles. The Bertz CT molecular complexity index is 1520. The zero-order valence-electron chi connectivity index (χ0n) is 17.8. The molecule has 0 aliphatic heterocycles. The predicted octanol–water partition coefficient (Wildman–Crippen LogP) is 3.16. The van der Waals surface area contributed by atoms with Crippen LogP contribution in [0.3, 0.4) is 0 Å². The fourth-order valence-electron chi connectivity index (χ4n) is 3.53. The zero-order valence-corrected chi connectivity index (χ0v) is 18.6. The van der Waals surface area contributed by atoms with Crippen LogP contribution in [0.5, 0.6) is 0 Å². The number of hydrogen-bond donors (Lipinski definition) is 1. The van der Waals surface area contributed by atoms with E-state index in [0.29, 0.717) is 32.9 Å². The van der Waals surface area contributed by atoms with Crippen molar-refractivity contribution in [3.8, 4) is 11.3 Å². The van der Waals surface area contributed by atoms with Gasteiger partial charge in [-0.25, -0.2) is 9.78 Å². The molecule has 0 fully saturated rings. The van der Waals surface area contributed by atoms with E-state index < -0.39 is 22.1 Å². The van der Waals surface area contributed by atoms with Crippen molar-refractivity contribution in [3.63, 3.8) is 0 Å². The second-order valence-corrected chi connectivity index (χ2v) is 8.14. The van der Waals surface area contributed by atoms with Gasteiger partial charge in [-0.05, 0) is 26.0 Å². The Kier molecular flexibility index (Phi) is 5.88. The van der Waals surface area contributed by atoms with Crippen LogP contribution in [-0.2, 0) is 17.9 Å². The number of thiazole rings is 1. The number of hydrogen-bond acceptors (Lipinski definition) is 7. The Morgan fingerprint density at radius 1 is 1.18 bits per heavy atom. The van der Waals surface area contributed by atoms with Crippen molar-refractivity contribution in [2.24, 2.45) is 0 Å². The molecule has 0 radical (unpaired) electrons. The Morgan fingerprint density at radius 2 is 1.94 bits per heavy atom. The van der Waals surface area contributed by atoms with Crippen LogP contribution in [0.15, 0.2) is 57.4 Å². The molecule has 11 heteroatoms. The summed E-state index contributed by atoms with van der Waals surface area (Å²) in [6.45, 7) is 3.23. The van der Waals surface area contributed by atoms with Crippen LogP contribution < -0.4 is 16.6 Å². The molecular weight excluding hydrogens is 446 g/mol. The fourth-order valence-corrected chi connectivity index (χ4v) is 4.27. The van der Waals surface area contributed by atoms with Crippen LogP contribution in [0.4, 0.5) is 10.8 Å². The van der Waals surface area contributed by atoms with Crippen LogP contribution in [0.1, 0.15) is 12.5 Å². The van der Waals surface area contributed by atoms with Gasteiger partial charge in [-0.15, -0.1) is 11.3 Å². The number of amides is 1. The first-order chi connectivity index (χ1) is 15.8. The number of nitro groups is 1. The lowest BCUT2D eigenvalue weighted by molar-refractivity contribution is -0.385. The monoisotopic (exact) mass is 465 g/mol. The smallest absolute Gasteiger partial charge is 0.300 e. The quantitative estimate of drug-likeness (QED) is 0.344. The second kappa shape index (κ2) is 8.79. The molecule has 2 aromatic heterocycles. The third-order valence-corrected chi connectivity index (χ3v) is 5.96. The largest absolute Gasteiger partial charge is 0.331 e. The standard InChI is InChI=1S/C22H19N5O5S/c1-3-25-20(29)15-6-4-5-7-17(15)26(22(25)30)11-19(28)24-21-23-16(12-33-21)14-9-8-13(2)18(10-14)27(31)32/h4-10,12H,3,11H2,1-2H3,(H,23,24,28). The molecule has 1 amide bonds. The predicted molar refractivity (Wildman–Crippen MR) is 126 cm³/mol. The highest BCUT2D eigenvalue weighted by molar-refractivity contribution is 7.14. The van der Waals surface area contributed by atoms with Crippen molar-refractivity contribution in [1.82, 2.24) is 14.1 Å². The molecule has 0 unspecified atom stereocenters. The average Bonchev–Trinajstić information content (AvgIpc) is 3.25. The molecule has 0 bridgehead atoms. The summed E-state index contributed by atoms with van der Waals surface area (Å²) in [6, 6.07) is 11.4. The number of carbonyl (C=O) groups excluding carboxylic acids is 1. The highest BCUT2D eigenvalue weighted by Gasteiger charge is 2.17. The van der Waals surface area contributed by atoms with Crippen molar-refractivity contribution in [2.75, 3.05) is 5.32 Å². The Morgan fingerprint density at radius 3 is 2.67 bits per heavy atom. The summed E-state index contributed by atoms with van der Waals surface area (Å²) in [5.41, 5.74) is 0.984. The van der Waals surface area contributed by atoms with Crippen LogP contribution in [0.25, 0.3) is 22.2 Å². The number of nitrogens with zero attached hydrogens (tertiary/aromatic N) is 4. The van der Waals surface area contributed by atoms with Gasteiger partial charge < -0.3 is 5.32 Å². The molecule has 0 aliphatic rings. The molecule has 33 heavy (non-hydrogen) atoms. The summed E-state index contributed by atoms with van der Waals surface area (Å²) in [7, 11) is 0. The molecule has 0 saturated carbocycles.